The number of carbonyl (C=O) groups is 1. The highest BCUT2D eigenvalue weighted by Crippen LogP contribution is 2.45. The first-order valence-electron chi connectivity index (χ1n) is 6.85. The van der Waals surface area contributed by atoms with Gasteiger partial charge in [-0.2, -0.15) is 0 Å². The molecule has 1 N–H and O–H groups in total. The van der Waals surface area contributed by atoms with Crippen LogP contribution in [0.3, 0.4) is 0 Å². The summed E-state index contributed by atoms with van der Waals surface area (Å²) in [7, 11) is 1.50. The molecule has 1 aromatic rings. The van der Waals surface area contributed by atoms with Crippen molar-refractivity contribution in [3.8, 4) is 0 Å². The summed E-state index contributed by atoms with van der Waals surface area (Å²) in [6.07, 6.45) is 0.824. The summed E-state index contributed by atoms with van der Waals surface area (Å²) in [6.45, 7) is 4.07. The van der Waals surface area contributed by atoms with Crippen LogP contribution in [0.4, 0.5) is 0 Å². The fourth-order valence-corrected chi connectivity index (χ4v) is 3.57. The third-order valence-electron chi connectivity index (χ3n) is 4.40. The Morgan fingerprint density at radius 2 is 2.10 bits per heavy atom. The van der Waals surface area contributed by atoms with Crippen LogP contribution >= 0.6 is 0 Å². The maximum Gasteiger partial charge on any atom is 0.253 e. The maximum atomic E-state index is 12.5. The number of hydrogen-bond acceptors (Lipinski definition) is 3. The van der Waals surface area contributed by atoms with E-state index in [-0.39, 0.29) is 11.9 Å². The zero-order valence-corrected chi connectivity index (χ0v) is 12.0. The van der Waals surface area contributed by atoms with Crippen molar-refractivity contribution in [1.82, 2.24) is 4.90 Å². The number of nitrogens with zero attached hydrogens (tertiary/aromatic N) is 1. The van der Waals surface area contributed by atoms with Crippen LogP contribution in [0.5, 0.6) is 0 Å². The van der Waals surface area contributed by atoms with Crippen LogP contribution in [-0.2, 0) is 16.0 Å². The minimum Gasteiger partial charge on any atom is -0.497 e. The Kier molecular flexibility index (Phi) is 2.87. The van der Waals surface area contributed by atoms with Gasteiger partial charge in [-0.1, -0.05) is 24.3 Å². The first-order valence-corrected chi connectivity index (χ1v) is 6.85. The summed E-state index contributed by atoms with van der Waals surface area (Å²) in [5.41, 5.74) is 1.49. The Morgan fingerprint density at radius 1 is 1.40 bits per heavy atom. The zero-order valence-electron chi connectivity index (χ0n) is 12.0. The smallest absolute Gasteiger partial charge is 0.253 e. The second kappa shape index (κ2) is 4.35. The predicted molar refractivity (Wildman–Crippen MR) is 74.9 cm³/mol. The molecular weight excluding hydrogens is 254 g/mol. The van der Waals surface area contributed by atoms with Crippen LogP contribution < -0.4 is 0 Å². The molecule has 0 unspecified atom stereocenters. The van der Waals surface area contributed by atoms with Crippen LogP contribution in [-0.4, -0.2) is 35.2 Å². The molecule has 0 saturated heterocycles. The predicted octanol–water partition coefficient (Wildman–Crippen LogP) is 1.80. The minimum atomic E-state index is -1.21. The van der Waals surface area contributed by atoms with Crippen molar-refractivity contribution in [2.24, 2.45) is 0 Å². The highest BCUT2D eigenvalue weighted by Gasteiger charge is 2.51. The Labute approximate surface area is 118 Å². The lowest BCUT2D eigenvalue weighted by molar-refractivity contribution is -0.142. The van der Waals surface area contributed by atoms with Gasteiger partial charge in [-0.25, -0.2) is 0 Å². The van der Waals surface area contributed by atoms with Gasteiger partial charge < -0.3 is 14.7 Å². The highest BCUT2D eigenvalue weighted by atomic mass is 16.5. The van der Waals surface area contributed by atoms with E-state index in [1.54, 1.807) is 18.7 Å². The Balaban J connectivity index is 2.21. The standard InChI is InChI=1S/C16H19NO3/c1-10-14(20-3)16(2,19)13-12-7-5-4-6-11(12)8-9-17(13)15(10)18/h4-7,13,19H,8-9H2,1-3H3/t13-,16+/m0/s1. The summed E-state index contributed by atoms with van der Waals surface area (Å²) in [6, 6.07) is 7.61. The molecule has 2 atom stereocenters. The van der Waals surface area contributed by atoms with E-state index in [0.717, 1.165) is 12.0 Å². The average molecular weight is 273 g/mol. The Morgan fingerprint density at radius 3 is 2.80 bits per heavy atom. The lowest BCUT2D eigenvalue weighted by atomic mass is 9.77. The molecule has 1 aromatic carbocycles. The molecule has 4 heteroatoms. The van der Waals surface area contributed by atoms with Gasteiger partial charge in [0.1, 0.15) is 11.4 Å². The fraction of sp³-hybridized carbons (Fsp3) is 0.438. The van der Waals surface area contributed by atoms with Gasteiger partial charge in [0.05, 0.1) is 18.7 Å². The molecule has 2 aliphatic rings. The average Bonchev–Trinajstić information content (AvgIpc) is 2.44. The van der Waals surface area contributed by atoms with Crippen LogP contribution in [0, 0.1) is 0 Å². The fourth-order valence-electron chi connectivity index (χ4n) is 3.57. The molecule has 0 fully saturated rings. The number of rotatable bonds is 1. The van der Waals surface area contributed by atoms with Gasteiger partial charge in [0, 0.05) is 6.54 Å². The summed E-state index contributed by atoms with van der Waals surface area (Å²) >= 11 is 0. The maximum absolute atomic E-state index is 12.5. The molecule has 106 valence electrons. The molecule has 2 aliphatic heterocycles. The van der Waals surface area contributed by atoms with Gasteiger partial charge in [0.15, 0.2) is 0 Å². The second-order valence-corrected chi connectivity index (χ2v) is 5.66. The van der Waals surface area contributed by atoms with Crippen molar-refractivity contribution in [2.45, 2.75) is 31.9 Å². The largest absolute Gasteiger partial charge is 0.497 e. The number of methoxy groups -OCH3 is 1. The van der Waals surface area contributed by atoms with Gasteiger partial charge in [0.25, 0.3) is 5.91 Å². The Bertz CT molecular complexity index is 603. The summed E-state index contributed by atoms with van der Waals surface area (Å²) in [5, 5.41) is 11.0. The normalized spacial score (nSPS) is 29.1. The SMILES string of the molecule is COC1=C(C)C(=O)N2CCc3ccccc3[C@H]2[C@@]1(C)O. The molecule has 1 amide bonds. The number of carbonyl (C=O) groups excluding carboxylic acids is 1. The van der Waals surface area contributed by atoms with E-state index in [9.17, 15) is 9.90 Å². The number of aliphatic hydroxyl groups is 1. The molecule has 0 spiro atoms. The Hall–Kier alpha value is -1.81. The molecule has 0 radical (unpaired) electrons. The van der Waals surface area contributed by atoms with Crippen LogP contribution in [0.15, 0.2) is 35.6 Å². The molecule has 0 aromatic heterocycles. The number of amides is 1. The third kappa shape index (κ3) is 1.61. The van der Waals surface area contributed by atoms with Crippen LogP contribution in [0.1, 0.15) is 31.0 Å². The molecule has 4 nitrogen and oxygen atoms in total. The number of ether oxygens (including phenoxy) is 1. The molecular formula is C16H19NO3. The van der Waals surface area contributed by atoms with Crippen molar-refractivity contribution in [3.63, 3.8) is 0 Å². The lowest BCUT2D eigenvalue weighted by Crippen LogP contribution is -2.55. The highest BCUT2D eigenvalue weighted by molar-refractivity contribution is 5.95. The van der Waals surface area contributed by atoms with Crippen LogP contribution in [0.25, 0.3) is 0 Å². The number of fused-ring (bicyclic) bond motifs is 3. The molecule has 2 heterocycles. The van der Waals surface area contributed by atoms with Gasteiger partial charge in [-0.3, -0.25) is 4.79 Å². The van der Waals surface area contributed by atoms with Crippen LogP contribution in [0.2, 0.25) is 0 Å². The monoisotopic (exact) mass is 273 g/mol. The molecule has 0 bridgehead atoms. The van der Waals surface area contributed by atoms with Crippen molar-refractivity contribution in [1.29, 1.82) is 0 Å². The van der Waals surface area contributed by atoms with E-state index in [2.05, 4.69) is 6.07 Å². The van der Waals surface area contributed by atoms with Gasteiger partial charge >= 0.3 is 0 Å². The van der Waals surface area contributed by atoms with Crippen molar-refractivity contribution in [2.75, 3.05) is 13.7 Å². The first-order chi connectivity index (χ1) is 9.48. The van der Waals surface area contributed by atoms with Gasteiger partial charge in [-0.15, -0.1) is 0 Å². The third-order valence-corrected chi connectivity index (χ3v) is 4.40. The van der Waals surface area contributed by atoms with Crippen molar-refractivity contribution < 1.29 is 14.6 Å². The number of hydrogen-bond donors (Lipinski definition) is 1. The summed E-state index contributed by atoms with van der Waals surface area (Å²) in [4.78, 5) is 14.3. The van der Waals surface area contributed by atoms with Crippen molar-refractivity contribution >= 4 is 5.91 Å². The number of benzene rings is 1. The second-order valence-electron chi connectivity index (χ2n) is 5.66. The van der Waals surface area contributed by atoms with Gasteiger partial charge in [0.2, 0.25) is 0 Å². The molecule has 20 heavy (non-hydrogen) atoms. The van der Waals surface area contributed by atoms with Crippen molar-refractivity contribution in [3.05, 3.63) is 46.7 Å². The van der Waals surface area contributed by atoms with E-state index in [0.29, 0.717) is 17.9 Å². The van der Waals surface area contributed by atoms with E-state index < -0.39 is 5.60 Å². The van der Waals surface area contributed by atoms with Gasteiger partial charge in [-0.05, 0) is 31.4 Å². The van der Waals surface area contributed by atoms with E-state index >= 15 is 0 Å². The summed E-state index contributed by atoms with van der Waals surface area (Å²) in [5.74, 6) is 0.327. The van der Waals surface area contributed by atoms with E-state index in [4.69, 9.17) is 4.74 Å². The quantitative estimate of drug-likeness (QED) is 0.849. The molecule has 3 rings (SSSR count). The lowest BCUT2D eigenvalue weighted by Gasteiger charge is -2.48. The van der Waals surface area contributed by atoms with E-state index in [1.165, 1.54) is 12.7 Å². The first kappa shape index (κ1) is 13.2. The topological polar surface area (TPSA) is 49.8 Å². The molecule has 0 saturated carbocycles. The summed E-state index contributed by atoms with van der Waals surface area (Å²) < 4.78 is 5.34. The zero-order chi connectivity index (χ0) is 14.5. The van der Waals surface area contributed by atoms with E-state index in [1.807, 2.05) is 18.2 Å². The molecule has 0 aliphatic carbocycles. The minimum absolute atomic E-state index is 0.0483.